The second-order valence-electron chi connectivity index (χ2n) is 5.33. The van der Waals surface area contributed by atoms with E-state index in [1.807, 2.05) is 7.05 Å². The summed E-state index contributed by atoms with van der Waals surface area (Å²) in [6.45, 7) is 0. The van der Waals surface area contributed by atoms with Gasteiger partial charge in [-0.05, 0) is 30.3 Å². The number of rotatable bonds is 4. The van der Waals surface area contributed by atoms with Crippen molar-refractivity contribution in [3.05, 3.63) is 88.2 Å². The monoisotopic (exact) mass is 387 g/mol. The number of carbonyl (C=O) groups excluding carboxylic acids is 1. The number of aromatic nitrogens is 2. The van der Waals surface area contributed by atoms with Crippen LogP contribution < -0.4 is 5.32 Å². The Morgan fingerprint density at radius 2 is 1.92 bits per heavy atom. The van der Waals surface area contributed by atoms with Crippen molar-refractivity contribution in [3.8, 4) is 0 Å². The quantitative estimate of drug-likeness (QED) is 0.738. The molecular weight excluding hydrogens is 373 g/mol. The average Bonchev–Trinajstić information content (AvgIpc) is 3.00. The van der Waals surface area contributed by atoms with Gasteiger partial charge in [0.2, 0.25) is 0 Å². The van der Waals surface area contributed by atoms with E-state index in [9.17, 15) is 9.18 Å². The lowest BCUT2D eigenvalue weighted by Gasteiger charge is -2.19. The lowest BCUT2D eigenvalue weighted by Crippen LogP contribution is -2.31. The molecule has 0 aliphatic heterocycles. The molecule has 0 fully saturated rings. The first-order chi connectivity index (χ1) is 11.6. The number of benzene rings is 2. The van der Waals surface area contributed by atoms with E-state index >= 15 is 0 Å². The fourth-order valence-corrected chi connectivity index (χ4v) is 2.73. The van der Waals surface area contributed by atoms with Gasteiger partial charge in [-0.2, -0.15) is 0 Å². The number of nitrogens with zero attached hydrogens (tertiary/aromatic N) is 2. The van der Waals surface area contributed by atoms with E-state index in [1.165, 1.54) is 6.07 Å². The van der Waals surface area contributed by atoms with Gasteiger partial charge < -0.3 is 9.88 Å². The van der Waals surface area contributed by atoms with Gasteiger partial charge in [0.05, 0.1) is 0 Å². The zero-order valence-electron chi connectivity index (χ0n) is 12.9. The van der Waals surface area contributed by atoms with E-state index in [0.717, 1.165) is 4.47 Å². The van der Waals surface area contributed by atoms with Gasteiger partial charge in [-0.1, -0.05) is 34.1 Å². The molecule has 6 heteroatoms. The first-order valence-corrected chi connectivity index (χ1v) is 8.13. The minimum Gasteiger partial charge on any atom is -0.338 e. The first kappa shape index (κ1) is 16.4. The summed E-state index contributed by atoms with van der Waals surface area (Å²) < 4.78 is 16.9. The van der Waals surface area contributed by atoms with E-state index in [-0.39, 0.29) is 11.7 Å². The fourth-order valence-electron chi connectivity index (χ4n) is 2.46. The highest BCUT2D eigenvalue weighted by atomic mass is 79.9. The van der Waals surface area contributed by atoms with Crippen LogP contribution in [0.2, 0.25) is 0 Å². The number of nitrogens with one attached hydrogen (secondary N) is 1. The third-order valence-corrected chi connectivity index (χ3v) is 4.24. The summed E-state index contributed by atoms with van der Waals surface area (Å²) in [5.41, 5.74) is 0.867. The summed E-state index contributed by atoms with van der Waals surface area (Å²) in [7, 11) is 1.81. The highest BCUT2D eigenvalue weighted by Gasteiger charge is 2.23. The molecule has 0 saturated carbocycles. The van der Waals surface area contributed by atoms with Crippen molar-refractivity contribution in [2.75, 3.05) is 0 Å². The number of carbonyl (C=O) groups is 1. The Hall–Kier alpha value is -2.47. The van der Waals surface area contributed by atoms with Gasteiger partial charge in [0, 0.05) is 35.0 Å². The van der Waals surface area contributed by atoms with Crippen LogP contribution in [0.25, 0.3) is 0 Å². The summed E-state index contributed by atoms with van der Waals surface area (Å²) in [6, 6.07) is 12.7. The number of amides is 1. The van der Waals surface area contributed by atoms with Crippen molar-refractivity contribution in [3.63, 3.8) is 0 Å². The van der Waals surface area contributed by atoms with Crippen LogP contribution in [-0.4, -0.2) is 15.5 Å². The van der Waals surface area contributed by atoms with Crippen molar-refractivity contribution in [2.24, 2.45) is 7.05 Å². The third-order valence-electron chi connectivity index (χ3n) is 3.71. The molecular formula is C18H15BrFN3O. The number of halogens is 2. The van der Waals surface area contributed by atoms with Crippen LogP contribution in [0.1, 0.15) is 27.8 Å². The summed E-state index contributed by atoms with van der Waals surface area (Å²) >= 11 is 3.34. The molecule has 0 radical (unpaired) electrons. The molecule has 0 unspecified atom stereocenters. The highest BCUT2D eigenvalue weighted by Crippen LogP contribution is 2.23. The molecule has 0 saturated heterocycles. The predicted molar refractivity (Wildman–Crippen MR) is 93.1 cm³/mol. The summed E-state index contributed by atoms with van der Waals surface area (Å²) in [5.74, 6) is -0.120. The Morgan fingerprint density at radius 3 is 2.54 bits per heavy atom. The summed E-state index contributed by atoms with van der Waals surface area (Å²) in [4.78, 5) is 16.8. The van der Waals surface area contributed by atoms with Gasteiger partial charge in [-0.15, -0.1) is 0 Å². The molecule has 122 valence electrons. The Kier molecular flexibility index (Phi) is 4.76. The molecule has 0 bridgehead atoms. The number of hydrogen-bond acceptors (Lipinski definition) is 2. The minimum absolute atomic E-state index is 0.293. The second-order valence-corrected chi connectivity index (χ2v) is 6.25. The third kappa shape index (κ3) is 3.38. The average molecular weight is 388 g/mol. The Morgan fingerprint density at radius 1 is 1.21 bits per heavy atom. The standard InChI is InChI=1S/C18H15BrFN3O/c1-23-11-10-21-17(23)16(14-4-2-3-5-15(14)20)22-18(24)12-6-8-13(19)9-7-12/h2-11,16H,1H3,(H,22,24)/t16-/m1/s1. The lowest BCUT2D eigenvalue weighted by atomic mass is 10.0. The molecule has 1 atom stereocenters. The smallest absolute Gasteiger partial charge is 0.252 e. The van der Waals surface area contributed by atoms with Crippen LogP contribution in [0.4, 0.5) is 4.39 Å². The Bertz CT molecular complexity index is 861. The molecule has 1 heterocycles. The van der Waals surface area contributed by atoms with Crippen LogP contribution in [0.5, 0.6) is 0 Å². The van der Waals surface area contributed by atoms with E-state index < -0.39 is 6.04 Å². The molecule has 1 aromatic heterocycles. The van der Waals surface area contributed by atoms with E-state index in [1.54, 1.807) is 59.4 Å². The molecule has 1 N–H and O–H groups in total. The largest absolute Gasteiger partial charge is 0.338 e. The molecule has 3 rings (SSSR count). The molecule has 24 heavy (non-hydrogen) atoms. The summed E-state index contributed by atoms with van der Waals surface area (Å²) in [6.07, 6.45) is 3.38. The summed E-state index contributed by atoms with van der Waals surface area (Å²) in [5, 5.41) is 2.88. The number of aryl methyl sites for hydroxylation is 1. The maximum absolute atomic E-state index is 14.3. The van der Waals surface area contributed by atoms with Gasteiger partial charge in [-0.3, -0.25) is 4.79 Å². The van der Waals surface area contributed by atoms with Crippen LogP contribution >= 0.6 is 15.9 Å². The Balaban J connectivity index is 1.97. The molecule has 0 aliphatic rings. The van der Waals surface area contributed by atoms with Crippen molar-refractivity contribution >= 4 is 21.8 Å². The molecule has 3 aromatic rings. The topological polar surface area (TPSA) is 46.9 Å². The van der Waals surface area contributed by atoms with Crippen molar-refractivity contribution in [1.29, 1.82) is 0 Å². The second kappa shape index (κ2) is 6.97. The maximum Gasteiger partial charge on any atom is 0.252 e. The van der Waals surface area contributed by atoms with Crippen molar-refractivity contribution < 1.29 is 9.18 Å². The van der Waals surface area contributed by atoms with E-state index in [0.29, 0.717) is 17.0 Å². The van der Waals surface area contributed by atoms with Crippen molar-refractivity contribution in [1.82, 2.24) is 14.9 Å². The SMILES string of the molecule is Cn1ccnc1[C@H](NC(=O)c1ccc(Br)cc1)c1ccccc1F. The maximum atomic E-state index is 14.3. The zero-order chi connectivity index (χ0) is 17.1. The number of imidazole rings is 1. The van der Waals surface area contributed by atoms with E-state index in [2.05, 4.69) is 26.2 Å². The van der Waals surface area contributed by atoms with Gasteiger partial charge in [-0.25, -0.2) is 9.37 Å². The van der Waals surface area contributed by atoms with Crippen LogP contribution in [-0.2, 0) is 7.05 Å². The van der Waals surface area contributed by atoms with Gasteiger partial charge in [0.15, 0.2) is 0 Å². The molecule has 4 nitrogen and oxygen atoms in total. The lowest BCUT2D eigenvalue weighted by molar-refractivity contribution is 0.0940. The van der Waals surface area contributed by atoms with Crippen molar-refractivity contribution in [2.45, 2.75) is 6.04 Å². The minimum atomic E-state index is -0.678. The molecule has 0 aliphatic carbocycles. The van der Waals surface area contributed by atoms with Crippen LogP contribution in [0, 0.1) is 5.82 Å². The first-order valence-electron chi connectivity index (χ1n) is 7.34. The predicted octanol–water partition coefficient (Wildman–Crippen LogP) is 3.84. The van der Waals surface area contributed by atoms with Crippen LogP contribution in [0.15, 0.2) is 65.4 Å². The molecule has 2 aromatic carbocycles. The van der Waals surface area contributed by atoms with Gasteiger partial charge >= 0.3 is 0 Å². The van der Waals surface area contributed by atoms with Gasteiger partial charge in [0.1, 0.15) is 17.7 Å². The van der Waals surface area contributed by atoms with Gasteiger partial charge in [0.25, 0.3) is 5.91 Å². The highest BCUT2D eigenvalue weighted by molar-refractivity contribution is 9.10. The Labute approximate surface area is 147 Å². The normalized spacial score (nSPS) is 12.0. The fraction of sp³-hybridized carbons (Fsp3) is 0.111. The molecule has 0 spiro atoms. The zero-order valence-corrected chi connectivity index (χ0v) is 14.5. The van der Waals surface area contributed by atoms with E-state index in [4.69, 9.17) is 0 Å². The molecule has 1 amide bonds. The number of hydrogen-bond donors (Lipinski definition) is 1. The van der Waals surface area contributed by atoms with Crippen LogP contribution in [0.3, 0.4) is 0 Å².